The van der Waals surface area contributed by atoms with Gasteiger partial charge in [0.15, 0.2) is 0 Å². The molecule has 4 heteroatoms. The zero-order valence-corrected chi connectivity index (χ0v) is 21.7. The van der Waals surface area contributed by atoms with E-state index in [1.807, 2.05) is 0 Å². The summed E-state index contributed by atoms with van der Waals surface area (Å²) in [6.45, 7) is 3.01. The molecular formula is C28H58N4. The Hall–Kier alpha value is -0.160. The van der Waals surface area contributed by atoms with E-state index in [1.54, 1.807) is 0 Å². The molecule has 0 heterocycles. The van der Waals surface area contributed by atoms with Crippen LogP contribution < -0.4 is 16.6 Å². The van der Waals surface area contributed by atoms with E-state index in [0.29, 0.717) is 18.1 Å². The highest BCUT2D eigenvalue weighted by atomic mass is 15.7. The molecule has 0 spiro atoms. The van der Waals surface area contributed by atoms with Crippen LogP contribution >= 0.6 is 0 Å². The van der Waals surface area contributed by atoms with Crippen molar-refractivity contribution in [2.24, 2.45) is 5.73 Å². The number of nitrogens with two attached hydrogens (primary N) is 1. The highest BCUT2D eigenvalue weighted by Crippen LogP contribution is 2.20. The lowest BCUT2D eigenvalue weighted by molar-refractivity contribution is 0.0150. The van der Waals surface area contributed by atoms with Crippen molar-refractivity contribution >= 4 is 0 Å². The third kappa shape index (κ3) is 12.9. The van der Waals surface area contributed by atoms with E-state index in [2.05, 4.69) is 22.9 Å². The van der Waals surface area contributed by atoms with Gasteiger partial charge in [0.1, 0.15) is 0 Å². The molecular weight excluding hydrogens is 392 g/mol. The molecule has 2 saturated carbocycles. The Morgan fingerprint density at radius 3 is 1.09 bits per heavy atom. The van der Waals surface area contributed by atoms with Crippen molar-refractivity contribution in [2.75, 3.05) is 6.54 Å². The largest absolute Gasteiger partial charge is 0.329 e. The van der Waals surface area contributed by atoms with Crippen LogP contribution in [0, 0.1) is 0 Å². The van der Waals surface area contributed by atoms with Crippen LogP contribution in [0.5, 0.6) is 0 Å². The molecule has 0 aliphatic heterocycles. The topological polar surface area (TPSA) is 53.3 Å². The van der Waals surface area contributed by atoms with Crippen LogP contribution in [0.25, 0.3) is 0 Å². The Labute approximate surface area is 201 Å². The molecule has 0 aromatic heterocycles. The fourth-order valence-electron chi connectivity index (χ4n) is 5.68. The van der Waals surface area contributed by atoms with Gasteiger partial charge in [-0.3, -0.25) is 0 Å². The van der Waals surface area contributed by atoms with Crippen LogP contribution in [0.3, 0.4) is 0 Å². The van der Waals surface area contributed by atoms with Crippen molar-refractivity contribution in [2.45, 2.75) is 173 Å². The third-order valence-corrected chi connectivity index (χ3v) is 7.96. The van der Waals surface area contributed by atoms with E-state index in [9.17, 15) is 0 Å². The summed E-state index contributed by atoms with van der Waals surface area (Å²) in [6, 6.07) is 1.56. The van der Waals surface area contributed by atoms with Gasteiger partial charge >= 0.3 is 0 Å². The van der Waals surface area contributed by atoms with E-state index >= 15 is 0 Å². The van der Waals surface area contributed by atoms with Gasteiger partial charge in [0.2, 0.25) is 0 Å². The molecule has 0 aromatic rings. The van der Waals surface area contributed by atoms with Gasteiger partial charge in [-0.05, 0) is 32.1 Å². The predicted octanol–water partition coefficient (Wildman–Crippen LogP) is 7.38. The first kappa shape index (κ1) is 28.1. The number of hydrazine groups is 2. The lowest BCUT2D eigenvalue weighted by Gasteiger charge is -2.38. The Morgan fingerprint density at radius 1 is 0.562 bits per heavy atom. The summed E-state index contributed by atoms with van der Waals surface area (Å²) in [7, 11) is 0. The van der Waals surface area contributed by atoms with Crippen LogP contribution in [0.2, 0.25) is 0 Å². The zero-order valence-electron chi connectivity index (χ0n) is 21.7. The Kier molecular flexibility index (Phi) is 16.8. The summed E-state index contributed by atoms with van der Waals surface area (Å²) < 4.78 is 0. The first-order valence-electron chi connectivity index (χ1n) is 14.8. The standard InChI is InChI=1S/C28H58N4/c1-2-28(25-29)32(30-26-21-17-13-9-5-3-6-10-14-18-22-26)31-27-23-19-15-11-7-4-8-12-16-20-24-27/h26-28,30-31H,2-25,29H2,1H3. The fourth-order valence-corrected chi connectivity index (χ4v) is 5.68. The average molecular weight is 451 g/mol. The molecule has 190 valence electrons. The molecule has 0 aromatic carbocycles. The summed E-state index contributed by atoms with van der Waals surface area (Å²) in [4.78, 5) is 0. The quantitative estimate of drug-likeness (QED) is 0.354. The van der Waals surface area contributed by atoms with Gasteiger partial charge in [-0.2, -0.15) is 5.12 Å². The first-order chi connectivity index (χ1) is 15.8. The Morgan fingerprint density at radius 2 is 0.844 bits per heavy atom. The van der Waals surface area contributed by atoms with Crippen LogP contribution in [0.4, 0.5) is 0 Å². The minimum absolute atomic E-state index is 0.373. The van der Waals surface area contributed by atoms with Gasteiger partial charge in [-0.15, -0.1) is 0 Å². The van der Waals surface area contributed by atoms with Crippen molar-refractivity contribution in [3.8, 4) is 0 Å². The Bertz CT molecular complexity index is 356. The first-order valence-corrected chi connectivity index (χ1v) is 14.8. The van der Waals surface area contributed by atoms with Crippen LogP contribution in [0.1, 0.15) is 155 Å². The molecule has 32 heavy (non-hydrogen) atoms. The predicted molar refractivity (Wildman–Crippen MR) is 140 cm³/mol. The normalized spacial score (nSPS) is 24.1. The van der Waals surface area contributed by atoms with Gasteiger partial charge in [-0.25, -0.2) is 10.9 Å². The molecule has 0 bridgehead atoms. The van der Waals surface area contributed by atoms with Gasteiger partial charge in [-0.1, -0.05) is 122 Å². The van der Waals surface area contributed by atoms with Crippen molar-refractivity contribution in [3.63, 3.8) is 0 Å². The van der Waals surface area contributed by atoms with Crippen LogP contribution in [-0.2, 0) is 0 Å². The highest BCUT2D eigenvalue weighted by molar-refractivity contribution is 4.75. The highest BCUT2D eigenvalue weighted by Gasteiger charge is 2.22. The molecule has 2 aliphatic carbocycles. The molecule has 0 saturated heterocycles. The second kappa shape index (κ2) is 19.2. The minimum atomic E-state index is 0.373. The number of hydrogen-bond donors (Lipinski definition) is 3. The monoisotopic (exact) mass is 450 g/mol. The SMILES string of the molecule is CCC(CN)N(NC1CCCCCCCCCCC1)NC1CCCCCCCCCCC1. The van der Waals surface area contributed by atoms with E-state index < -0.39 is 0 Å². The Balaban J connectivity index is 1.95. The second-order valence-corrected chi connectivity index (χ2v) is 10.8. The summed E-state index contributed by atoms with van der Waals surface area (Å²) in [6.07, 6.45) is 31.8. The lowest BCUT2D eigenvalue weighted by Crippen LogP contribution is -2.61. The molecule has 1 unspecified atom stereocenters. The maximum Gasteiger partial charge on any atom is 0.0519 e. The van der Waals surface area contributed by atoms with Gasteiger partial charge in [0.05, 0.1) is 6.04 Å². The van der Waals surface area contributed by atoms with Crippen LogP contribution in [-0.4, -0.2) is 29.8 Å². The van der Waals surface area contributed by atoms with Crippen molar-refractivity contribution in [3.05, 3.63) is 0 Å². The number of hydrogen-bond acceptors (Lipinski definition) is 4. The molecule has 4 N–H and O–H groups in total. The summed E-state index contributed by atoms with van der Waals surface area (Å²) in [5.74, 6) is 0. The summed E-state index contributed by atoms with van der Waals surface area (Å²) >= 11 is 0. The maximum absolute atomic E-state index is 6.25. The molecule has 0 amide bonds. The van der Waals surface area contributed by atoms with Gasteiger partial charge in [0, 0.05) is 18.6 Å². The van der Waals surface area contributed by atoms with E-state index in [0.717, 1.165) is 13.0 Å². The number of nitrogens with one attached hydrogen (secondary N) is 2. The van der Waals surface area contributed by atoms with Crippen LogP contribution in [0.15, 0.2) is 0 Å². The molecule has 2 fully saturated rings. The molecule has 0 radical (unpaired) electrons. The summed E-state index contributed by atoms with van der Waals surface area (Å²) in [5, 5.41) is 2.40. The van der Waals surface area contributed by atoms with Crippen molar-refractivity contribution in [1.29, 1.82) is 0 Å². The van der Waals surface area contributed by atoms with Crippen molar-refractivity contribution in [1.82, 2.24) is 16.0 Å². The smallest absolute Gasteiger partial charge is 0.0519 e. The third-order valence-electron chi connectivity index (χ3n) is 7.96. The van der Waals surface area contributed by atoms with Gasteiger partial charge < -0.3 is 5.73 Å². The second-order valence-electron chi connectivity index (χ2n) is 10.8. The lowest BCUT2D eigenvalue weighted by atomic mass is 9.98. The van der Waals surface area contributed by atoms with E-state index in [1.165, 1.54) is 141 Å². The van der Waals surface area contributed by atoms with Gasteiger partial charge in [0.25, 0.3) is 0 Å². The van der Waals surface area contributed by atoms with Crippen molar-refractivity contribution < 1.29 is 0 Å². The molecule has 2 rings (SSSR count). The number of nitrogens with zero attached hydrogens (tertiary/aromatic N) is 1. The number of rotatable bonds is 7. The fraction of sp³-hybridized carbons (Fsp3) is 1.00. The van der Waals surface area contributed by atoms with E-state index in [4.69, 9.17) is 5.73 Å². The van der Waals surface area contributed by atoms with E-state index in [-0.39, 0.29) is 0 Å². The molecule has 4 nitrogen and oxygen atoms in total. The zero-order chi connectivity index (χ0) is 22.7. The molecule has 2 aliphatic rings. The average Bonchev–Trinajstić information content (AvgIpc) is 2.78. The minimum Gasteiger partial charge on any atom is -0.329 e. The molecule has 1 atom stereocenters. The summed E-state index contributed by atoms with van der Waals surface area (Å²) in [5.41, 5.74) is 14.2. The maximum atomic E-state index is 6.25.